The van der Waals surface area contributed by atoms with E-state index in [0.29, 0.717) is 27.4 Å². The maximum Gasteiger partial charge on any atom is 0.267 e. The van der Waals surface area contributed by atoms with Crippen LogP contribution in [0.3, 0.4) is 0 Å². The van der Waals surface area contributed by atoms with Crippen LogP contribution in [0.4, 0.5) is 5.69 Å². The normalized spacial score (nSPS) is 10.5. The number of nitrogens with two attached hydrogens (primary N) is 1. The van der Waals surface area contributed by atoms with Gasteiger partial charge in [0, 0.05) is 23.5 Å². The minimum atomic E-state index is -0.0491. The van der Waals surface area contributed by atoms with E-state index < -0.39 is 0 Å². The molecule has 0 unspecified atom stereocenters. The lowest BCUT2D eigenvalue weighted by Crippen LogP contribution is -2.26. The van der Waals surface area contributed by atoms with Gasteiger partial charge >= 0.3 is 0 Å². The molecule has 0 saturated heterocycles. The van der Waals surface area contributed by atoms with Gasteiger partial charge < -0.3 is 10.5 Å². The third kappa shape index (κ3) is 2.89. The average molecular weight is 371 g/mol. The summed E-state index contributed by atoms with van der Waals surface area (Å²) in [5, 5.41) is 0. The molecular formula is C13H14IN3O2. The van der Waals surface area contributed by atoms with Crippen LogP contribution in [0.1, 0.15) is 11.4 Å². The van der Waals surface area contributed by atoms with Gasteiger partial charge in [0.25, 0.3) is 5.56 Å². The van der Waals surface area contributed by atoms with Crippen LogP contribution in [0, 0.1) is 10.5 Å². The molecule has 0 bridgehead atoms. The van der Waals surface area contributed by atoms with Crippen molar-refractivity contribution < 1.29 is 4.74 Å². The van der Waals surface area contributed by atoms with Gasteiger partial charge in [0.05, 0.1) is 17.2 Å². The molecular weight excluding hydrogens is 357 g/mol. The van der Waals surface area contributed by atoms with Gasteiger partial charge in [-0.1, -0.05) is 6.07 Å². The molecule has 0 aliphatic heterocycles. The zero-order valence-electron chi connectivity index (χ0n) is 10.7. The highest BCUT2D eigenvalue weighted by Gasteiger charge is 2.09. The number of methoxy groups -OCH3 is 1. The van der Waals surface area contributed by atoms with Crippen molar-refractivity contribution in [1.29, 1.82) is 0 Å². The lowest BCUT2D eigenvalue weighted by Gasteiger charge is -2.13. The number of hydrogen-bond donors (Lipinski definition) is 1. The standard InChI is InChI=1S/C13H14IN3O2/c1-8-16-6-11(14)13(18)17(8)7-9-3-4-10(15)5-12(9)19-2/h3-6H,7,15H2,1-2H3. The Morgan fingerprint density at radius 2 is 2.21 bits per heavy atom. The third-order valence-corrected chi connectivity index (χ3v) is 3.58. The molecule has 2 rings (SSSR count). The third-order valence-electron chi connectivity index (χ3n) is 2.84. The molecule has 1 aromatic carbocycles. The summed E-state index contributed by atoms with van der Waals surface area (Å²) >= 11 is 1.99. The fourth-order valence-electron chi connectivity index (χ4n) is 1.80. The molecule has 0 fully saturated rings. The van der Waals surface area contributed by atoms with E-state index in [0.717, 1.165) is 5.56 Å². The summed E-state index contributed by atoms with van der Waals surface area (Å²) in [7, 11) is 1.58. The number of aromatic nitrogens is 2. The number of hydrogen-bond acceptors (Lipinski definition) is 4. The highest BCUT2D eigenvalue weighted by molar-refractivity contribution is 14.1. The van der Waals surface area contributed by atoms with Gasteiger partial charge in [0.2, 0.25) is 0 Å². The SMILES string of the molecule is COc1cc(N)ccc1Cn1c(C)ncc(I)c1=O. The van der Waals surface area contributed by atoms with Crippen molar-refractivity contribution in [3.05, 3.63) is 49.7 Å². The molecule has 2 N–H and O–H groups in total. The van der Waals surface area contributed by atoms with E-state index in [1.54, 1.807) is 36.9 Å². The summed E-state index contributed by atoms with van der Waals surface area (Å²) in [6, 6.07) is 5.40. The first-order valence-corrected chi connectivity index (χ1v) is 6.75. The van der Waals surface area contributed by atoms with Crippen molar-refractivity contribution in [3.63, 3.8) is 0 Å². The van der Waals surface area contributed by atoms with Gasteiger partial charge in [0.1, 0.15) is 11.6 Å². The maximum absolute atomic E-state index is 12.1. The van der Waals surface area contributed by atoms with Crippen LogP contribution >= 0.6 is 22.6 Å². The summed E-state index contributed by atoms with van der Waals surface area (Å²) in [5.41, 5.74) is 7.19. The fourth-order valence-corrected chi connectivity index (χ4v) is 2.23. The summed E-state index contributed by atoms with van der Waals surface area (Å²) in [6.07, 6.45) is 1.58. The molecule has 1 heterocycles. The Kier molecular flexibility index (Phi) is 4.08. The summed E-state index contributed by atoms with van der Waals surface area (Å²) in [6.45, 7) is 2.22. The first-order chi connectivity index (χ1) is 9.02. The number of anilines is 1. The van der Waals surface area contributed by atoms with Crippen molar-refractivity contribution in [3.8, 4) is 5.75 Å². The minimum absolute atomic E-state index is 0.0491. The van der Waals surface area contributed by atoms with Crippen LogP contribution in [0.2, 0.25) is 0 Å². The van der Waals surface area contributed by atoms with Gasteiger partial charge in [-0.15, -0.1) is 0 Å². The quantitative estimate of drug-likeness (QED) is 0.660. The summed E-state index contributed by atoms with van der Waals surface area (Å²) in [4.78, 5) is 16.3. The highest BCUT2D eigenvalue weighted by Crippen LogP contribution is 2.22. The lowest BCUT2D eigenvalue weighted by atomic mass is 10.1. The smallest absolute Gasteiger partial charge is 0.267 e. The topological polar surface area (TPSA) is 70.1 Å². The van der Waals surface area contributed by atoms with E-state index in [4.69, 9.17) is 10.5 Å². The number of rotatable bonds is 3. The van der Waals surface area contributed by atoms with E-state index in [1.165, 1.54) is 0 Å². The van der Waals surface area contributed by atoms with Crippen molar-refractivity contribution in [2.75, 3.05) is 12.8 Å². The molecule has 0 spiro atoms. The fraction of sp³-hybridized carbons (Fsp3) is 0.231. The molecule has 0 atom stereocenters. The monoisotopic (exact) mass is 371 g/mol. The Balaban J connectivity index is 2.48. The Morgan fingerprint density at radius 1 is 1.47 bits per heavy atom. The molecule has 0 aliphatic rings. The van der Waals surface area contributed by atoms with Crippen molar-refractivity contribution in [2.24, 2.45) is 0 Å². The second kappa shape index (κ2) is 5.60. The molecule has 0 aliphatic carbocycles. The van der Waals surface area contributed by atoms with E-state index in [9.17, 15) is 4.79 Å². The predicted molar refractivity (Wildman–Crippen MR) is 82.5 cm³/mol. The van der Waals surface area contributed by atoms with Crippen molar-refractivity contribution in [2.45, 2.75) is 13.5 Å². The summed E-state index contributed by atoms with van der Waals surface area (Å²) < 4.78 is 7.51. The van der Waals surface area contributed by atoms with Crippen LogP contribution in [-0.4, -0.2) is 16.7 Å². The zero-order valence-corrected chi connectivity index (χ0v) is 12.8. The molecule has 0 radical (unpaired) electrons. The van der Waals surface area contributed by atoms with Crippen LogP contribution in [0.15, 0.2) is 29.2 Å². The Hall–Kier alpha value is -1.57. The van der Waals surface area contributed by atoms with Crippen LogP contribution in [0.25, 0.3) is 0 Å². The molecule has 100 valence electrons. The molecule has 2 aromatic rings. The molecule has 1 aromatic heterocycles. The van der Waals surface area contributed by atoms with Gasteiger partial charge in [-0.3, -0.25) is 9.36 Å². The largest absolute Gasteiger partial charge is 0.496 e. The first kappa shape index (κ1) is 13.9. The lowest BCUT2D eigenvalue weighted by molar-refractivity contribution is 0.408. The van der Waals surface area contributed by atoms with Crippen LogP contribution in [-0.2, 0) is 6.54 Å². The van der Waals surface area contributed by atoms with Crippen molar-refractivity contribution in [1.82, 2.24) is 9.55 Å². The van der Waals surface area contributed by atoms with E-state index in [2.05, 4.69) is 4.98 Å². The Morgan fingerprint density at radius 3 is 2.89 bits per heavy atom. The number of aryl methyl sites for hydroxylation is 1. The average Bonchev–Trinajstić information content (AvgIpc) is 2.40. The van der Waals surface area contributed by atoms with Crippen molar-refractivity contribution >= 4 is 28.3 Å². The number of nitrogen functional groups attached to an aromatic ring is 1. The molecule has 0 amide bonds. The molecule has 5 nitrogen and oxygen atoms in total. The molecule has 6 heteroatoms. The van der Waals surface area contributed by atoms with Gasteiger partial charge in [-0.05, 0) is 35.6 Å². The maximum atomic E-state index is 12.1. The second-order valence-electron chi connectivity index (χ2n) is 4.12. The highest BCUT2D eigenvalue weighted by atomic mass is 127. The predicted octanol–water partition coefficient (Wildman–Crippen LogP) is 1.80. The van der Waals surface area contributed by atoms with E-state index >= 15 is 0 Å². The van der Waals surface area contributed by atoms with Gasteiger partial charge in [0.15, 0.2) is 0 Å². The number of benzene rings is 1. The van der Waals surface area contributed by atoms with E-state index in [1.807, 2.05) is 28.7 Å². The second-order valence-corrected chi connectivity index (χ2v) is 5.28. The van der Waals surface area contributed by atoms with E-state index in [-0.39, 0.29) is 5.56 Å². The Labute approximate surface area is 124 Å². The van der Waals surface area contributed by atoms with Crippen LogP contribution < -0.4 is 16.0 Å². The van der Waals surface area contributed by atoms with Gasteiger partial charge in [-0.25, -0.2) is 4.98 Å². The number of ether oxygens (including phenoxy) is 1. The number of nitrogens with zero attached hydrogens (tertiary/aromatic N) is 2. The number of halogens is 1. The van der Waals surface area contributed by atoms with Crippen LogP contribution in [0.5, 0.6) is 5.75 Å². The first-order valence-electron chi connectivity index (χ1n) is 5.67. The summed E-state index contributed by atoms with van der Waals surface area (Å²) in [5.74, 6) is 1.34. The molecule has 19 heavy (non-hydrogen) atoms. The minimum Gasteiger partial charge on any atom is -0.496 e. The Bertz CT molecular complexity index is 667. The molecule has 0 saturated carbocycles. The van der Waals surface area contributed by atoms with Gasteiger partial charge in [-0.2, -0.15) is 0 Å². The zero-order chi connectivity index (χ0) is 14.0.